The van der Waals surface area contributed by atoms with Gasteiger partial charge in [0.15, 0.2) is 5.58 Å². The number of oxazole rings is 1. The van der Waals surface area contributed by atoms with Crippen LogP contribution in [0.5, 0.6) is 0 Å². The lowest BCUT2D eigenvalue weighted by molar-refractivity contribution is 0.517. The molecule has 0 saturated carbocycles. The van der Waals surface area contributed by atoms with Crippen LogP contribution in [-0.2, 0) is 13.0 Å². The van der Waals surface area contributed by atoms with Gasteiger partial charge in [-0.15, -0.1) is 0 Å². The highest BCUT2D eigenvalue weighted by molar-refractivity contribution is 6.30. The molecule has 0 bridgehead atoms. The Kier molecular flexibility index (Phi) is 4.57. The van der Waals surface area contributed by atoms with E-state index in [9.17, 15) is 0 Å². The molecule has 4 aromatic rings. The van der Waals surface area contributed by atoms with Crippen molar-refractivity contribution in [2.45, 2.75) is 26.3 Å². The lowest BCUT2D eigenvalue weighted by atomic mass is 10.1. The number of aryl methyl sites for hydroxylation is 1. The van der Waals surface area contributed by atoms with E-state index in [0.717, 1.165) is 12.2 Å². The molecule has 0 aliphatic carbocycles. The average Bonchev–Trinajstić information content (AvgIpc) is 3.39. The highest BCUT2D eigenvalue weighted by Crippen LogP contribution is 2.38. The lowest BCUT2D eigenvalue weighted by Crippen LogP contribution is -1.99. The molecule has 0 aliphatic heterocycles. The fourth-order valence-electron chi connectivity index (χ4n) is 2.87. The minimum absolute atomic E-state index is 0.125. The lowest BCUT2D eigenvalue weighted by Gasteiger charge is -2.05. The topological polar surface area (TPSA) is 101 Å². The molecule has 0 saturated heterocycles. The zero-order valence-electron chi connectivity index (χ0n) is 14.5. The number of nitriles is 1. The standard InChI is InChI=1S/C19H15ClN4O3/c1-2-4-14-16(19-23-10-12(8-21)26-19)17-18(27-14)13(7-15(20)24-17)22-9-11-5-3-6-25-11/h3,5-7,10H,2,4,9H2,1H3,(H,22,24). The first-order valence-corrected chi connectivity index (χ1v) is 8.82. The first-order chi connectivity index (χ1) is 13.2. The third-order valence-corrected chi connectivity index (χ3v) is 4.22. The van der Waals surface area contributed by atoms with Gasteiger partial charge in [-0.3, -0.25) is 0 Å². The molecule has 4 heterocycles. The van der Waals surface area contributed by atoms with Crippen molar-refractivity contribution in [1.29, 1.82) is 5.26 Å². The van der Waals surface area contributed by atoms with Crippen LogP contribution in [-0.4, -0.2) is 9.97 Å². The normalized spacial score (nSPS) is 11.0. The summed E-state index contributed by atoms with van der Waals surface area (Å²) < 4.78 is 17.0. The second-order valence-electron chi connectivity index (χ2n) is 5.89. The molecule has 0 aromatic carbocycles. The second kappa shape index (κ2) is 7.17. The van der Waals surface area contributed by atoms with Crippen molar-refractivity contribution in [3.8, 4) is 17.5 Å². The van der Waals surface area contributed by atoms with E-state index in [1.54, 1.807) is 12.3 Å². The fraction of sp³-hybridized carbons (Fsp3) is 0.211. The molecule has 1 N–H and O–H groups in total. The maximum absolute atomic E-state index is 9.02. The molecular formula is C19H15ClN4O3. The number of aromatic nitrogens is 2. The summed E-state index contributed by atoms with van der Waals surface area (Å²) in [6.45, 7) is 2.52. The van der Waals surface area contributed by atoms with E-state index in [4.69, 9.17) is 30.1 Å². The number of hydrogen-bond acceptors (Lipinski definition) is 7. The van der Waals surface area contributed by atoms with Gasteiger partial charge in [0.05, 0.1) is 24.7 Å². The van der Waals surface area contributed by atoms with Gasteiger partial charge in [0.25, 0.3) is 0 Å². The number of nitrogens with zero attached hydrogens (tertiary/aromatic N) is 3. The predicted octanol–water partition coefficient (Wildman–Crippen LogP) is 5.17. The molecule has 7 nitrogen and oxygen atoms in total. The summed E-state index contributed by atoms with van der Waals surface area (Å²) in [6, 6.07) is 7.34. The maximum Gasteiger partial charge on any atom is 0.233 e. The molecule has 0 fully saturated rings. The Labute approximate surface area is 159 Å². The van der Waals surface area contributed by atoms with E-state index in [1.165, 1.54) is 6.20 Å². The molecule has 8 heteroatoms. The van der Waals surface area contributed by atoms with E-state index >= 15 is 0 Å². The Morgan fingerprint density at radius 2 is 2.22 bits per heavy atom. The van der Waals surface area contributed by atoms with Crippen molar-refractivity contribution in [3.05, 3.63) is 53.1 Å². The molecule has 0 atom stereocenters. The van der Waals surface area contributed by atoms with Crippen molar-refractivity contribution >= 4 is 28.4 Å². The van der Waals surface area contributed by atoms with Gasteiger partial charge in [0, 0.05) is 12.5 Å². The number of fused-ring (bicyclic) bond motifs is 1. The first-order valence-electron chi connectivity index (χ1n) is 8.44. The van der Waals surface area contributed by atoms with Crippen LogP contribution in [0.2, 0.25) is 5.15 Å². The monoisotopic (exact) mass is 382 g/mol. The van der Waals surface area contributed by atoms with Gasteiger partial charge in [0.1, 0.15) is 33.8 Å². The maximum atomic E-state index is 9.02. The molecule has 0 spiro atoms. The highest BCUT2D eigenvalue weighted by atomic mass is 35.5. The fourth-order valence-corrected chi connectivity index (χ4v) is 3.07. The minimum Gasteiger partial charge on any atom is -0.467 e. The summed E-state index contributed by atoms with van der Waals surface area (Å²) in [5.74, 6) is 1.89. The van der Waals surface area contributed by atoms with Gasteiger partial charge in [-0.2, -0.15) is 5.26 Å². The SMILES string of the molecule is CCCc1oc2c(NCc3ccco3)cc(Cl)nc2c1-c1ncc(C#N)o1. The van der Waals surface area contributed by atoms with Gasteiger partial charge in [0.2, 0.25) is 11.7 Å². The van der Waals surface area contributed by atoms with Crippen LogP contribution in [0.3, 0.4) is 0 Å². The zero-order valence-corrected chi connectivity index (χ0v) is 15.2. The van der Waals surface area contributed by atoms with Crippen LogP contribution in [0.25, 0.3) is 22.6 Å². The van der Waals surface area contributed by atoms with Gasteiger partial charge in [-0.1, -0.05) is 18.5 Å². The zero-order chi connectivity index (χ0) is 18.8. The number of halogens is 1. The van der Waals surface area contributed by atoms with Crippen molar-refractivity contribution in [3.63, 3.8) is 0 Å². The molecule has 0 amide bonds. The number of nitrogens with one attached hydrogen (secondary N) is 1. The van der Waals surface area contributed by atoms with Crippen LogP contribution in [0.15, 0.2) is 43.9 Å². The summed E-state index contributed by atoms with van der Waals surface area (Å²) in [6.07, 6.45) is 4.53. The van der Waals surface area contributed by atoms with Crippen LogP contribution < -0.4 is 5.32 Å². The van der Waals surface area contributed by atoms with Crippen LogP contribution in [0.1, 0.15) is 30.6 Å². The smallest absolute Gasteiger partial charge is 0.233 e. The molecule has 0 aliphatic rings. The van der Waals surface area contributed by atoms with Crippen LogP contribution in [0.4, 0.5) is 5.69 Å². The van der Waals surface area contributed by atoms with Crippen molar-refractivity contribution < 1.29 is 13.3 Å². The molecule has 4 rings (SSSR count). The molecule has 136 valence electrons. The number of pyridine rings is 1. The highest BCUT2D eigenvalue weighted by Gasteiger charge is 2.24. The van der Waals surface area contributed by atoms with Crippen LogP contribution >= 0.6 is 11.6 Å². The Morgan fingerprint density at radius 1 is 1.33 bits per heavy atom. The largest absolute Gasteiger partial charge is 0.467 e. The van der Waals surface area contributed by atoms with E-state index in [1.807, 2.05) is 25.1 Å². The van der Waals surface area contributed by atoms with Gasteiger partial charge in [-0.25, -0.2) is 9.97 Å². The molecule has 4 aromatic heterocycles. The third-order valence-electron chi connectivity index (χ3n) is 4.02. The summed E-state index contributed by atoms with van der Waals surface area (Å²) in [5.41, 5.74) is 2.41. The molecule has 27 heavy (non-hydrogen) atoms. The van der Waals surface area contributed by atoms with Crippen molar-refractivity contribution in [2.75, 3.05) is 5.32 Å². The van der Waals surface area contributed by atoms with Crippen molar-refractivity contribution in [1.82, 2.24) is 9.97 Å². The number of rotatable bonds is 6. The second-order valence-corrected chi connectivity index (χ2v) is 6.28. The summed E-state index contributed by atoms with van der Waals surface area (Å²) in [4.78, 5) is 8.62. The summed E-state index contributed by atoms with van der Waals surface area (Å²) >= 11 is 6.24. The first kappa shape index (κ1) is 17.2. The quantitative estimate of drug-likeness (QED) is 0.459. The Hall–Kier alpha value is -3.24. The van der Waals surface area contributed by atoms with E-state index < -0.39 is 0 Å². The summed E-state index contributed by atoms with van der Waals surface area (Å²) in [7, 11) is 0. The molecule has 0 radical (unpaired) electrons. The van der Waals surface area contributed by atoms with Gasteiger partial charge in [-0.05, 0) is 18.6 Å². The number of anilines is 1. The van der Waals surface area contributed by atoms with E-state index in [0.29, 0.717) is 52.1 Å². The van der Waals surface area contributed by atoms with Gasteiger partial charge < -0.3 is 18.6 Å². The molecule has 0 unspecified atom stereocenters. The number of hydrogen-bond donors (Lipinski definition) is 1. The predicted molar refractivity (Wildman–Crippen MR) is 99.3 cm³/mol. The van der Waals surface area contributed by atoms with E-state index in [-0.39, 0.29) is 5.76 Å². The minimum atomic E-state index is 0.125. The van der Waals surface area contributed by atoms with Gasteiger partial charge >= 0.3 is 0 Å². The van der Waals surface area contributed by atoms with Crippen molar-refractivity contribution in [2.24, 2.45) is 0 Å². The Balaban J connectivity index is 1.84. The van der Waals surface area contributed by atoms with Crippen LogP contribution in [0, 0.1) is 11.3 Å². The summed E-state index contributed by atoms with van der Waals surface area (Å²) in [5, 5.41) is 12.6. The Bertz CT molecular complexity index is 1120. The average molecular weight is 383 g/mol. The number of furan rings is 2. The molecular weight excluding hydrogens is 368 g/mol. The Morgan fingerprint density at radius 3 is 2.93 bits per heavy atom. The van der Waals surface area contributed by atoms with E-state index in [2.05, 4.69) is 15.3 Å². The third kappa shape index (κ3) is 3.27.